The Morgan fingerprint density at radius 2 is 1.56 bits per heavy atom. The van der Waals surface area contributed by atoms with E-state index in [0.717, 1.165) is 53.6 Å². The summed E-state index contributed by atoms with van der Waals surface area (Å²) in [5.41, 5.74) is 7.40. The highest BCUT2D eigenvalue weighted by molar-refractivity contribution is 7.91. The molecule has 0 unspecified atom stereocenters. The van der Waals surface area contributed by atoms with E-state index in [4.69, 9.17) is 4.98 Å². The molecule has 7 nitrogen and oxygen atoms in total. The quantitative estimate of drug-likeness (QED) is 0.177. The van der Waals surface area contributed by atoms with E-state index in [-0.39, 0.29) is 4.90 Å². The maximum atomic E-state index is 12.8. The van der Waals surface area contributed by atoms with E-state index in [1.807, 2.05) is 42.5 Å². The average Bonchev–Trinajstić information content (AvgIpc) is 3.66. The summed E-state index contributed by atoms with van der Waals surface area (Å²) in [4.78, 5) is 16.0. The van der Waals surface area contributed by atoms with E-state index in [1.165, 1.54) is 35.2 Å². The minimum atomic E-state index is -3.41. The maximum absolute atomic E-state index is 12.8. The smallest absolute Gasteiger partial charge is 0.175 e. The van der Waals surface area contributed by atoms with Gasteiger partial charge in [-0.15, -0.1) is 22.7 Å². The summed E-state index contributed by atoms with van der Waals surface area (Å²) in [6, 6.07) is 22.4. The molecule has 3 aromatic heterocycles. The fraction of sp³-hybridized carbons (Fsp3) is 0.156. The second-order valence-electron chi connectivity index (χ2n) is 10.8. The molecule has 11 heteroatoms. The number of rotatable bonds is 7. The van der Waals surface area contributed by atoms with Gasteiger partial charge in [0.25, 0.3) is 0 Å². The van der Waals surface area contributed by atoms with Crippen LogP contribution in [0.1, 0.15) is 19.4 Å². The second kappa shape index (κ2) is 10.7. The molecule has 0 atom stereocenters. The molecule has 3 aromatic carbocycles. The molecule has 218 valence electrons. The molecular weight excluding hydrogens is 619 g/mol. The predicted octanol–water partition coefficient (Wildman–Crippen LogP) is 7.50. The van der Waals surface area contributed by atoms with E-state index in [1.54, 1.807) is 56.0 Å². The van der Waals surface area contributed by atoms with Gasteiger partial charge in [-0.2, -0.15) is 0 Å². The minimum Gasteiger partial charge on any atom is -0.256 e. The van der Waals surface area contributed by atoms with E-state index in [9.17, 15) is 16.8 Å². The molecule has 0 amide bonds. The summed E-state index contributed by atoms with van der Waals surface area (Å²) < 4.78 is 48.6. The van der Waals surface area contributed by atoms with Gasteiger partial charge >= 0.3 is 0 Å². The Hall–Kier alpha value is -3.77. The third-order valence-electron chi connectivity index (χ3n) is 7.59. The second-order valence-corrected chi connectivity index (χ2v) is 17.3. The van der Waals surface area contributed by atoms with Crippen molar-refractivity contribution in [2.24, 2.45) is 0 Å². The van der Waals surface area contributed by atoms with Crippen LogP contribution in [0.5, 0.6) is 0 Å². The van der Waals surface area contributed by atoms with Crippen molar-refractivity contribution in [3.63, 3.8) is 0 Å². The molecule has 0 aliphatic heterocycles. The SMILES string of the molecule is CC(C)(c1cc(-c2cccc(-c3sc(-c4cncs4)nc3-c3ccc(S(C)(=O)=O)cc3)c2)c2ncccc2c1)S(C)(=O)=O. The van der Waals surface area contributed by atoms with Crippen molar-refractivity contribution in [1.29, 1.82) is 0 Å². The highest BCUT2D eigenvalue weighted by Crippen LogP contribution is 2.43. The molecule has 0 fully saturated rings. The van der Waals surface area contributed by atoms with Gasteiger partial charge in [-0.05, 0) is 66.9 Å². The van der Waals surface area contributed by atoms with Crippen molar-refractivity contribution in [3.05, 3.63) is 96.3 Å². The molecule has 0 aliphatic carbocycles. The lowest BCUT2D eigenvalue weighted by molar-refractivity contribution is 0.561. The van der Waals surface area contributed by atoms with Gasteiger partial charge in [0.2, 0.25) is 0 Å². The topological polar surface area (TPSA) is 107 Å². The van der Waals surface area contributed by atoms with Crippen molar-refractivity contribution in [3.8, 4) is 42.7 Å². The zero-order valence-corrected chi connectivity index (χ0v) is 27.0. The normalized spacial score (nSPS) is 12.6. The molecule has 0 bridgehead atoms. The van der Waals surface area contributed by atoms with Crippen molar-refractivity contribution < 1.29 is 16.8 Å². The van der Waals surface area contributed by atoms with Gasteiger partial charge in [0.1, 0.15) is 5.01 Å². The van der Waals surface area contributed by atoms with Crippen LogP contribution in [0.2, 0.25) is 0 Å². The first-order valence-corrected chi connectivity index (χ1v) is 18.7. The Morgan fingerprint density at radius 3 is 2.23 bits per heavy atom. The van der Waals surface area contributed by atoms with Gasteiger partial charge in [-0.1, -0.05) is 36.4 Å². The Labute approximate surface area is 258 Å². The molecule has 0 aliphatic rings. The van der Waals surface area contributed by atoms with E-state index < -0.39 is 24.4 Å². The summed E-state index contributed by atoms with van der Waals surface area (Å²) in [6.07, 6.45) is 5.97. The number of thiazole rings is 2. The Kier molecular flexibility index (Phi) is 7.32. The lowest BCUT2D eigenvalue weighted by Gasteiger charge is -2.24. The Balaban J connectivity index is 1.54. The highest BCUT2D eigenvalue weighted by Gasteiger charge is 2.33. The minimum absolute atomic E-state index is 0.244. The average molecular weight is 646 g/mol. The number of pyridine rings is 1. The van der Waals surface area contributed by atoms with E-state index in [0.29, 0.717) is 5.56 Å². The highest BCUT2D eigenvalue weighted by atomic mass is 32.2. The van der Waals surface area contributed by atoms with Gasteiger partial charge in [-0.3, -0.25) is 9.97 Å². The molecular formula is C32H27N3O4S4. The van der Waals surface area contributed by atoms with E-state index in [2.05, 4.69) is 16.0 Å². The third-order valence-corrected chi connectivity index (χ3v) is 12.9. The van der Waals surface area contributed by atoms with Crippen molar-refractivity contribution in [2.75, 3.05) is 12.5 Å². The molecule has 0 N–H and O–H groups in total. The molecule has 6 aromatic rings. The van der Waals surface area contributed by atoms with Crippen LogP contribution in [0.4, 0.5) is 0 Å². The van der Waals surface area contributed by atoms with Crippen LogP contribution >= 0.6 is 22.7 Å². The fourth-order valence-corrected chi connectivity index (χ4v) is 7.74. The summed E-state index contributed by atoms with van der Waals surface area (Å²) in [5.74, 6) is 0. The largest absolute Gasteiger partial charge is 0.256 e. The zero-order valence-electron chi connectivity index (χ0n) is 23.8. The van der Waals surface area contributed by atoms with Gasteiger partial charge in [0, 0.05) is 41.4 Å². The van der Waals surface area contributed by atoms with Crippen LogP contribution in [-0.2, 0) is 24.4 Å². The van der Waals surface area contributed by atoms with Crippen LogP contribution in [0, 0.1) is 0 Å². The van der Waals surface area contributed by atoms with Crippen molar-refractivity contribution in [2.45, 2.75) is 23.5 Å². The Morgan fingerprint density at radius 1 is 0.814 bits per heavy atom. The lowest BCUT2D eigenvalue weighted by atomic mass is 9.92. The van der Waals surface area contributed by atoms with Crippen LogP contribution in [-0.4, -0.2) is 44.3 Å². The van der Waals surface area contributed by atoms with Gasteiger partial charge in [0.15, 0.2) is 19.7 Å². The van der Waals surface area contributed by atoms with Crippen molar-refractivity contribution in [1.82, 2.24) is 15.0 Å². The number of sulfone groups is 2. The number of hydrogen-bond acceptors (Lipinski definition) is 9. The number of nitrogens with zero attached hydrogens (tertiary/aromatic N) is 3. The van der Waals surface area contributed by atoms with Crippen LogP contribution in [0.25, 0.3) is 53.6 Å². The van der Waals surface area contributed by atoms with Gasteiger partial charge < -0.3 is 0 Å². The summed E-state index contributed by atoms with van der Waals surface area (Å²) >= 11 is 3.04. The van der Waals surface area contributed by atoms with Crippen LogP contribution in [0.15, 0.2) is 95.6 Å². The lowest BCUT2D eigenvalue weighted by Crippen LogP contribution is -2.28. The molecule has 0 spiro atoms. The molecule has 0 saturated carbocycles. The molecule has 0 radical (unpaired) electrons. The maximum Gasteiger partial charge on any atom is 0.175 e. The predicted molar refractivity (Wildman–Crippen MR) is 176 cm³/mol. The van der Waals surface area contributed by atoms with E-state index >= 15 is 0 Å². The third kappa shape index (κ3) is 5.53. The summed E-state index contributed by atoms with van der Waals surface area (Å²) in [7, 11) is -6.75. The monoisotopic (exact) mass is 645 g/mol. The van der Waals surface area contributed by atoms with Crippen LogP contribution < -0.4 is 0 Å². The number of aromatic nitrogens is 3. The molecule has 3 heterocycles. The fourth-order valence-electron chi connectivity index (χ4n) is 4.80. The van der Waals surface area contributed by atoms with Crippen LogP contribution in [0.3, 0.4) is 0 Å². The number of benzene rings is 3. The van der Waals surface area contributed by atoms with Crippen molar-refractivity contribution >= 4 is 53.3 Å². The molecule has 6 rings (SSSR count). The Bertz CT molecular complexity index is 2200. The summed E-state index contributed by atoms with van der Waals surface area (Å²) in [5, 5.41) is 1.67. The number of fused-ring (bicyclic) bond motifs is 1. The first-order valence-electron chi connectivity index (χ1n) is 13.2. The van der Waals surface area contributed by atoms with Gasteiger partial charge in [0.05, 0.1) is 36.1 Å². The molecule has 43 heavy (non-hydrogen) atoms. The standard InChI is InChI=1S/C32H27N3O4S4/c1-32(2,43(4,38)39)24-16-22-9-6-14-34-28(22)26(17-24)21-7-5-8-23(15-21)30-29(35-31(41-30)27-18-33-19-40-27)20-10-12-25(13-11-20)42(3,36)37/h5-19H,1-4H3. The first-order chi connectivity index (χ1) is 20.3. The van der Waals surface area contributed by atoms with Gasteiger partial charge in [-0.25, -0.2) is 21.8 Å². The molecule has 0 saturated heterocycles. The summed E-state index contributed by atoms with van der Waals surface area (Å²) in [6.45, 7) is 3.44. The first kappa shape index (κ1) is 29.3. The zero-order chi connectivity index (χ0) is 30.6. The number of hydrogen-bond donors (Lipinski definition) is 0.